The number of ether oxygens (including phenoxy) is 2. The second-order valence-corrected chi connectivity index (χ2v) is 8.18. The summed E-state index contributed by atoms with van der Waals surface area (Å²) in [5.74, 6) is 0.0409. The molecule has 0 atom stereocenters. The number of hydrogen-bond acceptors (Lipinski definition) is 5. The summed E-state index contributed by atoms with van der Waals surface area (Å²) in [5, 5.41) is 4.83. The highest BCUT2D eigenvalue weighted by atomic mass is 127. The Morgan fingerprint density at radius 3 is 2.24 bits per heavy atom. The van der Waals surface area contributed by atoms with Gasteiger partial charge in [-0.1, -0.05) is 29.3 Å². The van der Waals surface area contributed by atoms with Gasteiger partial charge in [-0.25, -0.2) is 0 Å². The van der Waals surface area contributed by atoms with E-state index in [4.69, 9.17) is 21.7 Å². The minimum Gasteiger partial charge on any atom is -0.493 e. The van der Waals surface area contributed by atoms with E-state index >= 15 is 0 Å². The number of methoxy groups -OCH3 is 1. The van der Waals surface area contributed by atoms with Crippen molar-refractivity contribution in [1.29, 1.82) is 0 Å². The smallest absolute Gasteiger partial charge is 0.263 e. The quantitative estimate of drug-likeness (QED) is 0.273. The highest BCUT2D eigenvalue weighted by Gasteiger charge is 2.26. The van der Waals surface area contributed by atoms with Gasteiger partial charge in [0.1, 0.15) is 12.2 Å². The van der Waals surface area contributed by atoms with Crippen LogP contribution in [0.1, 0.15) is 22.3 Å². The molecule has 0 radical (unpaired) electrons. The molecule has 0 bridgehead atoms. The summed E-state index contributed by atoms with van der Waals surface area (Å²) in [6, 6.07) is 9.81. The highest BCUT2D eigenvalue weighted by Crippen LogP contribution is 2.35. The Morgan fingerprint density at radius 1 is 1.03 bits per heavy atom. The Balaban J connectivity index is 1.87. The third kappa shape index (κ3) is 5.13. The zero-order valence-corrected chi connectivity index (χ0v) is 19.1. The van der Waals surface area contributed by atoms with Crippen LogP contribution in [-0.4, -0.2) is 24.0 Å². The summed E-state index contributed by atoms with van der Waals surface area (Å²) >= 11 is 6.95. The largest absolute Gasteiger partial charge is 0.493 e. The average molecular weight is 522 g/mol. The second kappa shape index (κ2) is 8.91. The normalized spacial score (nSPS) is 13.7. The van der Waals surface area contributed by atoms with Crippen LogP contribution in [0.25, 0.3) is 6.08 Å². The lowest BCUT2D eigenvalue weighted by molar-refractivity contribution is -0.123. The molecule has 0 spiro atoms. The van der Waals surface area contributed by atoms with Crippen molar-refractivity contribution in [2.45, 2.75) is 20.5 Å². The fourth-order valence-electron chi connectivity index (χ4n) is 3.04. The molecule has 0 aromatic heterocycles. The van der Waals surface area contributed by atoms with E-state index in [0.717, 1.165) is 9.13 Å². The van der Waals surface area contributed by atoms with Gasteiger partial charge in [0.15, 0.2) is 16.6 Å². The summed E-state index contributed by atoms with van der Waals surface area (Å²) in [5.41, 5.74) is 4.03. The number of nitrogens with one attached hydrogen (secondary N) is 2. The lowest BCUT2D eigenvalue weighted by atomic mass is 10.1. The van der Waals surface area contributed by atoms with Gasteiger partial charge in [0.25, 0.3) is 11.8 Å². The van der Waals surface area contributed by atoms with Crippen LogP contribution in [-0.2, 0) is 16.2 Å². The van der Waals surface area contributed by atoms with Gasteiger partial charge in [-0.15, -0.1) is 0 Å². The fourth-order valence-corrected chi connectivity index (χ4v) is 4.01. The molecule has 1 aliphatic rings. The van der Waals surface area contributed by atoms with Crippen molar-refractivity contribution >= 4 is 57.8 Å². The van der Waals surface area contributed by atoms with Crippen LogP contribution in [0.15, 0.2) is 35.9 Å². The molecular weight excluding hydrogens is 503 g/mol. The number of halogens is 1. The number of amides is 2. The maximum Gasteiger partial charge on any atom is 0.263 e. The maximum absolute atomic E-state index is 12.1. The van der Waals surface area contributed by atoms with E-state index in [1.165, 1.54) is 17.2 Å². The van der Waals surface area contributed by atoms with Crippen molar-refractivity contribution in [1.82, 2.24) is 10.6 Å². The van der Waals surface area contributed by atoms with Gasteiger partial charge >= 0.3 is 0 Å². The molecule has 0 unspecified atom stereocenters. The molecule has 1 fully saturated rings. The molecule has 2 aromatic rings. The van der Waals surface area contributed by atoms with Crippen molar-refractivity contribution in [2.75, 3.05) is 7.11 Å². The topological polar surface area (TPSA) is 76.7 Å². The molecule has 29 heavy (non-hydrogen) atoms. The van der Waals surface area contributed by atoms with E-state index in [1.54, 1.807) is 13.2 Å². The minimum atomic E-state index is -0.539. The first-order valence-electron chi connectivity index (χ1n) is 8.72. The summed E-state index contributed by atoms with van der Waals surface area (Å²) < 4.78 is 12.3. The van der Waals surface area contributed by atoms with Crippen molar-refractivity contribution in [2.24, 2.45) is 0 Å². The molecule has 1 aliphatic heterocycles. The molecule has 2 aromatic carbocycles. The third-order valence-corrected chi connectivity index (χ3v) is 5.18. The highest BCUT2D eigenvalue weighted by molar-refractivity contribution is 14.1. The third-order valence-electron chi connectivity index (χ3n) is 4.17. The Kier molecular flexibility index (Phi) is 6.53. The van der Waals surface area contributed by atoms with E-state index in [0.29, 0.717) is 23.7 Å². The number of benzene rings is 2. The minimum absolute atomic E-state index is 0.000514. The molecule has 2 N–H and O–H groups in total. The van der Waals surface area contributed by atoms with Crippen molar-refractivity contribution in [3.05, 3.63) is 61.7 Å². The van der Waals surface area contributed by atoms with Crippen LogP contribution in [0.5, 0.6) is 11.5 Å². The number of thiocarbonyl (C=S) groups is 1. The Labute approximate surface area is 187 Å². The predicted octanol–water partition coefficient (Wildman–Crippen LogP) is 3.41. The molecule has 1 saturated heterocycles. The van der Waals surface area contributed by atoms with Crippen LogP contribution in [0.2, 0.25) is 0 Å². The molecule has 2 amide bonds. The Bertz CT molecular complexity index is 1010. The van der Waals surface area contributed by atoms with Gasteiger partial charge in [0.2, 0.25) is 0 Å². The maximum atomic E-state index is 12.1. The molecule has 150 valence electrons. The molecule has 3 rings (SSSR count). The Morgan fingerprint density at radius 2 is 1.66 bits per heavy atom. The summed E-state index contributed by atoms with van der Waals surface area (Å²) in [7, 11) is 1.55. The van der Waals surface area contributed by atoms with Crippen LogP contribution < -0.4 is 20.1 Å². The number of hydrogen-bond donors (Lipinski definition) is 2. The fraction of sp³-hybridized carbons (Fsp3) is 0.190. The van der Waals surface area contributed by atoms with Crippen LogP contribution in [0.3, 0.4) is 0 Å². The molecule has 1 heterocycles. The van der Waals surface area contributed by atoms with Crippen molar-refractivity contribution in [3.8, 4) is 11.5 Å². The molecular formula is C21H19IN2O4S. The summed E-state index contributed by atoms with van der Waals surface area (Å²) in [6.07, 6.45) is 1.49. The predicted molar refractivity (Wildman–Crippen MR) is 123 cm³/mol. The van der Waals surface area contributed by atoms with E-state index in [2.05, 4.69) is 51.4 Å². The van der Waals surface area contributed by atoms with Gasteiger partial charge in [-0.05, 0) is 78.0 Å². The first kappa shape index (κ1) is 21.3. The first-order valence-corrected chi connectivity index (χ1v) is 10.2. The van der Waals surface area contributed by atoms with E-state index in [-0.39, 0.29) is 10.7 Å². The number of carbonyl (C=O) groups is 2. The number of aryl methyl sites for hydroxylation is 2. The SMILES string of the molecule is COc1cc(C=C2C(=O)NC(=S)NC2=O)cc(I)c1OCc1cc(C)cc(C)c1. The van der Waals surface area contributed by atoms with Gasteiger partial charge in [-0.2, -0.15) is 0 Å². The zero-order chi connectivity index (χ0) is 21.1. The number of rotatable bonds is 5. The van der Waals surface area contributed by atoms with E-state index in [9.17, 15) is 9.59 Å². The van der Waals surface area contributed by atoms with Crippen LogP contribution in [0.4, 0.5) is 0 Å². The number of carbonyl (C=O) groups excluding carboxylic acids is 2. The molecule has 8 heteroatoms. The Hall–Kier alpha value is -2.46. The van der Waals surface area contributed by atoms with Gasteiger partial charge in [0, 0.05) is 0 Å². The first-order chi connectivity index (χ1) is 13.8. The van der Waals surface area contributed by atoms with Crippen molar-refractivity contribution < 1.29 is 19.1 Å². The van der Waals surface area contributed by atoms with E-state index in [1.807, 2.05) is 19.9 Å². The average Bonchev–Trinajstić information content (AvgIpc) is 2.62. The lowest BCUT2D eigenvalue weighted by Gasteiger charge is -2.17. The molecule has 0 saturated carbocycles. The summed E-state index contributed by atoms with van der Waals surface area (Å²) in [6.45, 7) is 4.50. The second-order valence-electron chi connectivity index (χ2n) is 6.61. The zero-order valence-electron chi connectivity index (χ0n) is 16.1. The van der Waals surface area contributed by atoms with Gasteiger partial charge in [0.05, 0.1) is 10.7 Å². The molecule has 6 nitrogen and oxygen atoms in total. The van der Waals surface area contributed by atoms with Gasteiger partial charge in [-0.3, -0.25) is 20.2 Å². The molecule has 0 aliphatic carbocycles. The van der Waals surface area contributed by atoms with E-state index < -0.39 is 11.8 Å². The monoisotopic (exact) mass is 522 g/mol. The standard InChI is InChI=1S/C21H19IN2O4S/c1-11-4-12(2)6-14(5-11)10-28-18-16(22)8-13(9-17(18)27-3)7-15-19(25)23-21(29)24-20(15)26/h4-9H,10H2,1-3H3,(H2,23,24,25,26,29). The van der Waals surface area contributed by atoms with Crippen LogP contribution >= 0.6 is 34.8 Å². The van der Waals surface area contributed by atoms with Gasteiger partial charge < -0.3 is 9.47 Å². The van der Waals surface area contributed by atoms with Crippen LogP contribution in [0, 0.1) is 17.4 Å². The van der Waals surface area contributed by atoms with Crippen molar-refractivity contribution in [3.63, 3.8) is 0 Å². The summed E-state index contributed by atoms with van der Waals surface area (Å²) in [4.78, 5) is 24.1. The lowest BCUT2D eigenvalue weighted by Crippen LogP contribution is -2.51.